The first-order valence-electron chi connectivity index (χ1n) is 9.85. The van der Waals surface area contributed by atoms with Crippen molar-refractivity contribution in [2.45, 2.75) is 12.5 Å². The molecule has 2 aliphatic rings. The van der Waals surface area contributed by atoms with Gasteiger partial charge in [-0.2, -0.15) is 0 Å². The molecule has 0 unspecified atom stereocenters. The fourth-order valence-corrected chi connectivity index (χ4v) is 4.70. The minimum atomic E-state index is -0.793. The van der Waals surface area contributed by atoms with E-state index in [1.165, 1.54) is 18.2 Å². The van der Waals surface area contributed by atoms with Crippen molar-refractivity contribution in [2.75, 3.05) is 13.1 Å². The highest BCUT2D eigenvalue weighted by Gasteiger charge is 2.41. The van der Waals surface area contributed by atoms with Gasteiger partial charge in [-0.15, -0.1) is 12.6 Å². The predicted octanol–water partition coefficient (Wildman–Crippen LogP) is 4.90. The quantitative estimate of drug-likeness (QED) is 0.380. The molecular formula is C24H21ClFN3O2S. The number of amides is 1. The summed E-state index contributed by atoms with van der Waals surface area (Å²) in [5.74, 6) is -1.09. The number of halogens is 2. The number of hydrogen-bond donors (Lipinski definition) is 4. The molecule has 5 nitrogen and oxygen atoms in total. The molecule has 4 rings (SSSR count). The Bertz CT molecular complexity index is 1280. The Labute approximate surface area is 195 Å². The van der Waals surface area contributed by atoms with E-state index in [9.17, 15) is 9.90 Å². The number of nitrogens with zero attached hydrogens (tertiary/aromatic N) is 1. The lowest BCUT2D eigenvalue weighted by Crippen LogP contribution is -2.67. The monoisotopic (exact) mass is 469 g/mol. The summed E-state index contributed by atoms with van der Waals surface area (Å²) in [6.45, 7) is 6.23. The van der Waals surface area contributed by atoms with E-state index < -0.39 is 11.4 Å². The van der Waals surface area contributed by atoms with E-state index in [0.29, 0.717) is 29.1 Å². The molecule has 1 amide bonds. The summed E-state index contributed by atoms with van der Waals surface area (Å²) in [5.41, 5.74) is -0.0935. The molecule has 3 N–H and O–H groups in total. The zero-order chi connectivity index (χ0) is 23.2. The van der Waals surface area contributed by atoms with E-state index in [2.05, 4.69) is 24.5 Å². The Morgan fingerprint density at radius 3 is 2.75 bits per heavy atom. The van der Waals surface area contributed by atoms with Crippen LogP contribution in [0, 0.1) is 5.41 Å². The summed E-state index contributed by atoms with van der Waals surface area (Å²) < 4.78 is 15.5. The number of carbonyl (C=O) groups excluding carboxylic acids is 1. The van der Waals surface area contributed by atoms with Gasteiger partial charge in [0, 0.05) is 24.2 Å². The molecule has 0 saturated carbocycles. The molecule has 32 heavy (non-hydrogen) atoms. The van der Waals surface area contributed by atoms with Crippen LogP contribution in [0.5, 0.6) is 5.75 Å². The lowest BCUT2D eigenvalue weighted by atomic mass is 9.89. The van der Waals surface area contributed by atoms with E-state index >= 15 is 4.39 Å². The summed E-state index contributed by atoms with van der Waals surface area (Å²) >= 11 is 11.0. The molecule has 1 heterocycles. The number of thiol groups is 1. The maximum Gasteiger partial charge on any atom is 0.243 e. The maximum atomic E-state index is 15.5. The Kier molecular flexibility index (Phi) is 5.65. The summed E-state index contributed by atoms with van der Waals surface area (Å²) in [5, 5.41) is 23.4. The standard InChI is InChI=1S/C24H21ClFN3O2S/c1-3-19(31)28-24(2)11-29(12-24)23(32)17-10-18(25)20(21(26)22(17)27)16-9-14(30)8-13-6-4-5-7-15(13)16/h3-10,27,30,32H,1,11-12H2,2H3,(H,28,31)/b23-17-,27-22?. The Hall–Kier alpha value is -3.03. The lowest BCUT2D eigenvalue weighted by molar-refractivity contribution is -0.119. The number of phenols is 1. The van der Waals surface area contributed by atoms with Gasteiger partial charge < -0.3 is 15.3 Å². The fraction of sp³-hybridized carbons (Fsp3) is 0.167. The van der Waals surface area contributed by atoms with Gasteiger partial charge in [-0.25, -0.2) is 4.39 Å². The van der Waals surface area contributed by atoms with Gasteiger partial charge in [-0.3, -0.25) is 10.2 Å². The molecule has 164 valence electrons. The molecule has 2 aromatic rings. The van der Waals surface area contributed by atoms with Gasteiger partial charge in [0.1, 0.15) is 11.5 Å². The van der Waals surface area contributed by atoms with Gasteiger partial charge in [-0.1, -0.05) is 42.4 Å². The van der Waals surface area contributed by atoms with Crippen molar-refractivity contribution in [3.8, 4) is 5.75 Å². The molecule has 1 aliphatic heterocycles. The highest BCUT2D eigenvalue weighted by Crippen LogP contribution is 2.42. The largest absolute Gasteiger partial charge is 0.508 e. The number of rotatable bonds is 4. The number of hydrogen-bond acceptors (Lipinski definition) is 5. The van der Waals surface area contributed by atoms with Crippen LogP contribution in [0.15, 0.2) is 76.6 Å². The van der Waals surface area contributed by atoms with E-state index in [0.717, 1.165) is 5.39 Å². The molecule has 0 spiro atoms. The predicted molar refractivity (Wildman–Crippen MR) is 130 cm³/mol. The number of benzene rings is 2. The third kappa shape index (κ3) is 3.82. The zero-order valence-electron chi connectivity index (χ0n) is 17.2. The first-order chi connectivity index (χ1) is 15.1. The second kappa shape index (κ2) is 8.15. The van der Waals surface area contributed by atoms with Gasteiger partial charge >= 0.3 is 0 Å². The molecule has 0 atom stereocenters. The van der Waals surface area contributed by atoms with Crippen molar-refractivity contribution in [2.24, 2.45) is 0 Å². The van der Waals surface area contributed by atoms with Crippen LogP contribution >= 0.6 is 24.2 Å². The van der Waals surface area contributed by atoms with Crippen LogP contribution < -0.4 is 5.32 Å². The van der Waals surface area contributed by atoms with Crippen molar-refractivity contribution in [3.05, 3.63) is 82.2 Å². The lowest BCUT2D eigenvalue weighted by Gasteiger charge is -2.50. The van der Waals surface area contributed by atoms with E-state index in [-0.39, 0.29) is 33.5 Å². The highest BCUT2D eigenvalue weighted by molar-refractivity contribution is 7.84. The number of aromatic hydroxyl groups is 1. The van der Waals surface area contributed by atoms with Gasteiger partial charge in [-0.05, 0) is 47.5 Å². The number of nitrogens with one attached hydrogen (secondary N) is 2. The van der Waals surface area contributed by atoms with Gasteiger partial charge in [0.2, 0.25) is 5.91 Å². The molecule has 0 radical (unpaired) electrons. The van der Waals surface area contributed by atoms with Crippen LogP contribution in [0.4, 0.5) is 4.39 Å². The molecule has 8 heteroatoms. The minimum Gasteiger partial charge on any atom is -0.508 e. The molecular weight excluding hydrogens is 449 g/mol. The number of allylic oxidation sites excluding steroid dienone is 5. The molecule has 1 saturated heterocycles. The first kappa shape index (κ1) is 22.2. The molecule has 0 aromatic heterocycles. The van der Waals surface area contributed by atoms with Crippen LogP contribution in [0.2, 0.25) is 0 Å². The van der Waals surface area contributed by atoms with Crippen molar-refractivity contribution in [1.82, 2.24) is 10.2 Å². The minimum absolute atomic E-state index is 0.0207. The molecule has 1 fully saturated rings. The Balaban J connectivity index is 1.69. The number of fused-ring (bicyclic) bond motifs is 1. The summed E-state index contributed by atoms with van der Waals surface area (Å²) in [6, 6.07) is 10.3. The third-order valence-electron chi connectivity index (χ3n) is 5.56. The smallest absolute Gasteiger partial charge is 0.243 e. The summed E-state index contributed by atoms with van der Waals surface area (Å²) in [7, 11) is 0. The zero-order valence-corrected chi connectivity index (χ0v) is 18.9. The molecule has 0 bridgehead atoms. The van der Waals surface area contributed by atoms with Crippen molar-refractivity contribution < 1.29 is 14.3 Å². The first-order valence-corrected chi connectivity index (χ1v) is 10.7. The topological polar surface area (TPSA) is 76.4 Å². The Morgan fingerprint density at radius 2 is 2.06 bits per heavy atom. The fourth-order valence-electron chi connectivity index (χ4n) is 4.09. The van der Waals surface area contributed by atoms with Crippen molar-refractivity contribution >= 4 is 52.2 Å². The van der Waals surface area contributed by atoms with Crippen LogP contribution in [0.1, 0.15) is 12.5 Å². The average molecular weight is 470 g/mol. The second-order valence-electron chi connectivity index (χ2n) is 8.12. The Morgan fingerprint density at radius 1 is 1.38 bits per heavy atom. The van der Waals surface area contributed by atoms with E-state index in [1.54, 1.807) is 6.07 Å². The normalized spacial score (nSPS) is 19.4. The number of likely N-dealkylation sites (tertiary alicyclic amines) is 1. The van der Waals surface area contributed by atoms with Gasteiger partial charge in [0.25, 0.3) is 0 Å². The van der Waals surface area contributed by atoms with Crippen LogP contribution in [-0.4, -0.2) is 40.3 Å². The number of phenolic OH excluding ortho intramolecular Hbond substituents is 1. The molecule has 2 aromatic carbocycles. The number of carbonyl (C=O) groups is 1. The van der Waals surface area contributed by atoms with Crippen LogP contribution in [0.3, 0.4) is 0 Å². The van der Waals surface area contributed by atoms with Crippen LogP contribution in [-0.2, 0) is 4.79 Å². The van der Waals surface area contributed by atoms with Crippen molar-refractivity contribution in [3.63, 3.8) is 0 Å². The van der Waals surface area contributed by atoms with Crippen LogP contribution in [0.25, 0.3) is 16.3 Å². The van der Waals surface area contributed by atoms with Gasteiger partial charge in [0.15, 0.2) is 5.83 Å². The van der Waals surface area contributed by atoms with Crippen molar-refractivity contribution in [1.29, 1.82) is 5.41 Å². The summed E-state index contributed by atoms with van der Waals surface area (Å²) in [4.78, 5) is 13.4. The maximum absolute atomic E-state index is 15.5. The van der Waals surface area contributed by atoms with E-state index in [4.69, 9.17) is 17.0 Å². The van der Waals surface area contributed by atoms with Gasteiger partial charge in [0.05, 0.1) is 15.6 Å². The SMILES string of the molecule is C=CC(=O)NC1(C)CN(/C(S)=C2\C=C(Cl)C(c3cc(O)cc4ccccc34)=C(F)C2=N)C1. The molecule has 1 aliphatic carbocycles. The highest BCUT2D eigenvalue weighted by atomic mass is 35.5. The summed E-state index contributed by atoms with van der Waals surface area (Å²) in [6.07, 6.45) is 2.72. The van der Waals surface area contributed by atoms with E-state index in [1.807, 2.05) is 36.1 Å². The third-order valence-corrected chi connectivity index (χ3v) is 6.39. The average Bonchev–Trinajstić information content (AvgIpc) is 2.73. The second-order valence-corrected chi connectivity index (χ2v) is 8.95.